The average molecular weight is 421 g/mol. The second-order valence-electron chi connectivity index (χ2n) is 9.00. The summed E-state index contributed by atoms with van der Waals surface area (Å²) in [6.45, 7) is 9.66. The van der Waals surface area contributed by atoms with Crippen LogP contribution in [0.5, 0.6) is 17.2 Å². The number of methoxy groups -OCH3 is 3. The molecule has 1 aliphatic heterocycles. The number of hydrogen-bond acceptors (Lipinski definition) is 5. The van der Waals surface area contributed by atoms with Crippen LogP contribution in [0.15, 0.2) is 12.1 Å². The number of ether oxygens (including phenoxy) is 3. The Morgan fingerprint density at radius 3 is 2.13 bits per heavy atom. The fraction of sp³-hybridized carbons (Fsp3) is 0.652. The van der Waals surface area contributed by atoms with E-state index in [-0.39, 0.29) is 29.1 Å². The number of carbonyl (C=O) groups excluding carboxylic acids is 2. The number of likely N-dealkylation sites (tertiary alicyclic amines) is 1. The van der Waals surface area contributed by atoms with Crippen molar-refractivity contribution in [1.29, 1.82) is 0 Å². The van der Waals surface area contributed by atoms with E-state index in [0.29, 0.717) is 43.3 Å². The molecule has 0 unspecified atom stereocenters. The summed E-state index contributed by atoms with van der Waals surface area (Å²) < 4.78 is 16.4. The largest absolute Gasteiger partial charge is 0.493 e. The molecule has 7 heteroatoms. The van der Waals surface area contributed by atoms with Crippen molar-refractivity contribution in [3.05, 3.63) is 17.7 Å². The zero-order valence-electron chi connectivity index (χ0n) is 19.3. The third-order valence-electron chi connectivity index (χ3n) is 5.36. The quantitative estimate of drug-likeness (QED) is 0.699. The molecule has 0 saturated carbocycles. The molecule has 0 aromatic heterocycles. The van der Waals surface area contributed by atoms with E-state index in [0.717, 1.165) is 12.0 Å². The smallest absolute Gasteiger partial charge is 0.225 e. The standard InChI is InChI=1S/C23H36N2O5/c1-8-9-24-22(27)17-14-25(20(26)12-23(2,3)4)13-16(17)15-10-18(28-5)21(30-7)19(11-15)29-6/h10-11,16-17H,8-9,12-14H2,1-7H3,(H,24,27)/t16-,17+/m1/s1. The second kappa shape index (κ2) is 10.0. The molecule has 0 radical (unpaired) electrons. The van der Waals surface area contributed by atoms with Crippen LogP contribution in [0.4, 0.5) is 0 Å². The molecular weight excluding hydrogens is 384 g/mol. The van der Waals surface area contributed by atoms with E-state index in [2.05, 4.69) is 5.32 Å². The van der Waals surface area contributed by atoms with E-state index in [1.54, 1.807) is 21.3 Å². The van der Waals surface area contributed by atoms with Crippen molar-refractivity contribution >= 4 is 11.8 Å². The first-order chi connectivity index (χ1) is 14.1. The molecule has 1 N–H and O–H groups in total. The van der Waals surface area contributed by atoms with Crippen molar-refractivity contribution in [1.82, 2.24) is 10.2 Å². The second-order valence-corrected chi connectivity index (χ2v) is 9.00. The fourth-order valence-electron chi connectivity index (χ4n) is 3.87. The first-order valence-corrected chi connectivity index (χ1v) is 10.5. The van der Waals surface area contributed by atoms with Gasteiger partial charge in [0.2, 0.25) is 17.6 Å². The van der Waals surface area contributed by atoms with Crippen molar-refractivity contribution in [3.8, 4) is 17.2 Å². The lowest BCUT2D eigenvalue weighted by Gasteiger charge is -2.23. The van der Waals surface area contributed by atoms with E-state index >= 15 is 0 Å². The van der Waals surface area contributed by atoms with Gasteiger partial charge in [0.25, 0.3) is 0 Å². The molecule has 2 atom stereocenters. The zero-order chi connectivity index (χ0) is 22.5. The van der Waals surface area contributed by atoms with Gasteiger partial charge in [-0.1, -0.05) is 27.7 Å². The maximum Gasteiger partial charge on any atom is 0.225 e. The van der Waals surface area contributed by atoms with Gasteiger partial charge in [-0.15, -0.1) is 0 Å². The van der Waals surface area contributed by atoms with E-state index in [1.165, 1.54) is 0 Å². The van der Waals surface area contributed by atoms with Gasteiger partial charge in [-0.3, -0.25) is 9.59 Å². The van der Waals surface area contributed by atoms with Crippen molar-refractivity contribution in [2.24, 2.45) is 11.3 Å². The Kier molecular flexibility index (Phi) is 7.98. The first-order valence-electron chi connectivity index (χ1n) is 10.5. The lowest BCUT2D eigenvalue weighted by molar-refractivity contribution is -0.132. The van der Waals surface area contributed by atoms with Crippen molar-refractivity contribution in [2.75, 3.05) is 41.0 Å². The maximum absolute atomic E-state index is 12.9. The number of carbonyl (C=O) groups is 2. The Hall–Kier alpha value is -2.44. The molecule has 1 aliphatic rings. The van der Waals surface area contributed by atoms with Crippen molar-refractivity contribution < 1.29 is 23.8 Å². The third-order valence-corrected chi connectivity index (χ3v) is 5.36. The van der Waals surface area contributed by atoms with E-state index in [4.69, 9.17) is 14.2 Å². The summed E-state index contributed by atoms with van der Waals surface area (Å²) in [5, 5.41) is 3.00. The highest BCUT2D eigenvalue weighted by atomic mass is 16.5. The molecule has 0 bridgehead atoms. The molecule has 0 aliphatic carbocycles. The molecule has 1 aromatic carbocycles. The molecule has 1 fully saturated rings. The molecule has 0 spiro atoms. The highest BCUT2D eigenvalue weighted by molar-refractivity contribution is 5.83. The summed E-state index contributed by atoms with van der Waals surface area (Å²) in [7, 11) is 4.70. The average Bonchev–Trinajstić information content (AvgIpc) is 3.15. The van der Waals surface area contributed by atoms with Gasteiger partial charge in [0.1, 0.15) is 0 Å². The minimum absolute atomic E-state index is 0.0262. The molecule has 2 rings (SSSR count). The van der Waals surface area contributed by atoms with Crippen LogP contribution in [0.25, 0.3) is 0 Å². The van der Waals surface area contributed by atoms with Gasteiger partial charge >= 0.3 is 0 Å². The highest BCUT2D eigenvalue weighted by Gasteiger charge is 2.41. The fourth-order valence-corrected chi connectivity index (χ4v) is 3.87. The zero-order valence-corrected chi connectivity index (χ0v) is 19.3. The Morgan fingerprint density at radius 1 is 1.07 bits per heavy atom. The molecule has 1 heterocycles. The van der Waals surface area contributed by atoms with Gasteiger partial charge in [-0.25, -0.2) is 0 Å². The van der Waals surface area contributed by atoms with Crippen LogP contribution in [0, 0.1) is 11.3 Å². The Labute approximate surface area is 180 Å². The Bertz CT molecular complexity index is 731. The van der Waals surface area contributed by atoms with Crippen molar-refractivity contribution in [2.45, 2.75) is 46.5 Å². The predicted molar refractivity (Wildman–Crippen MR) is 116 cm³/mol. The van der Waals surface area contributed by atoms with Crippen LogP contribution < -0.4 is 19.5 Å². The van der Waals surface area contributed by atoms with Crippen LogP contribution in [-0.2, 0) is 9.59 Å². The summed E-state index contributed by atoms with van der Waals surface area (Å²) in [5.74, 6) is 1.16. The Morgan fingerprint density at radius 2 is 1.67 bits per heavy atom. The van der Waals surface area contributed by atoms with E-state index < -0.39 is 0 Å². The van der Waals surface area contributed by atoms with Gasteiger partial charge in [-0.2, -0.15) is 0 Å². The van der Waals surface area contributed by atoms with E-state index in [1.807, 2.05) is 44.7 Å². The number of benzene rings is 1. The van der Waals surface area contributed by atoms with Gasteiger partial charge in [0.15, 0.2) is 11.5 Å². The number of nitrogens with zero attached hydrogens (tertiary/aromatic N) is 1. The molecule has 168 valence electrons. The number of hydrogen-bond donors (Lipinski definition) is 1. The first kappa shape index (κ1) is 23.8. The summed E-state index contributed by atoms with van der Waals surface area (Å²) in [4.78, 5) is 27.6. The van der Waals surface area contributed by atoms with Crippen LogP contribution in [0.3, 0.4) is 0 Å². The monoisotopic (exact) mass is 420 g/mol. The molecule has 2 amide bonds. The molecule has 30 heavy (non-hydrogen) atoms. The molecule has 1 aromatic rings. The van der Waals surface area contributed by atoms with Crippen LogP contribution in [0.2, 0.25) is 0 Å². The summed E-state index contributed by atoms with van der Waals surface area (Å²) in [6.07, 6.45) is 1.30. The predicted octanol–water partition coefficient (Wildman–Crippen LogP) is 3.22. The highest BCUT2D eigenvalue weighted by Crippen LogP contribution is 2.43. The van der Waals surface area contributed by atoms with E-state index in [9.17, 15) is 9.59 Å². The lowest BCUT2D eigenvalue weighted by atomic mass is 9.88. The molecule has 1 saturated heterocycles. The number of nitrogens with one attached hydrogen (secondary N) is 1. The van der Waals surface area contributed by atoms with Gasteiger partial charge < -0.3 is 24.4 Å². The van der Waals surface area contributed by atoms with Gasteiger partial charge in [-0.05, 0) is 29.5 Å². The summed E-state index contributed by atoms with van der Waals surface area (Å²) in [5.41, 5.74) is 0.786. The number of amides is 2. The van der Waals surface area contributed by atoms with Crippen LogP contribution in [-0.4, -0.2) is 57.7 Å². The van der Waals surface area contributed by atoms with Crippen molar-refractivity contribution in [3.63, 3.8) is 0 Å². The topological polar surface area (TPSA) is 77.1 Å². The maximum atomic E-state index is 12.9. The molecule has 7 nitrogen and oxygen atoms in total. The summed E-state index contributed by atoms with van der Waals surface area (Å²) >= 11 is 0. The summed E-state index contributed by atoms with van der Waals surface area (Å²) in [6, 6.07) is 3.76. The molecular formula is C23H36N2O5. The van der Waals surface area contributed by atoms with Crippen LogP contribution in [0.1, 0.15) is 52.0 Å². The van der Waals surface area contributed by atoms with Gasteiger partial charge in [0.05, 0.1) is 27.2 Å². The van der Waals surface area contributed by atoms with Gasteiger partial charge in [0, 0.05) is 32.0 Å². The normalized spacial score (nSPS) is 18.8. The van der Waals surface area contributed by atoms with Crippen LogP contribution >= 0.6 is 0 Å². The minimum Gasteiger partial charge on any atom is -0.493 e. The Balaban J connectivity index is 2.40. The third kappa shape index (κ3) is 5.58. The lowest BCUT2D eigenvalue weighted by Crippen LogP contribution is -2.36. The minimum atomic E-state index is -0.330. The SMILES string of the molecule is CCCNC(=O)[C@H]1CN(C(=O)CC(C)(C)C)C[C@@H]1c1cc(OC)c(OC)c(OC)c1. The number of rotatable bonds is 8.